The van der Waals surface area contributed by atoms with Crippen molar-refractivity contribution in [2.24, 2.45) is 0 Å². The van der Waals surface area contributed by atoms with Gasteiger partial charge in [0.05, 0.1) is 0 Å². The third-order valence-electron chi connectivity index (χ3n) is 2.47. The summed E-state index contributed by atoms with van der Waals surface area (Å²) in [6.45, 7) is 1.99. The van der Waals surface area contributed by atoms with Crippen molar-refractivity contribution in [3.8, 4) is 5.75 Å². The van der Waals surface area contributed by atoms with Gasteiger partial charge in [0, 0.05) is 0 Å². The molecule has 0 fully saturated rings. The van der Waals surface area contributed by atoms with E-state index in [9.17, 15) is 0 Å². The molecule has 2 aromatic rings. The van der Waals surface area contributed by atoms with Crippen LogP contribution in [0.3, 0.4) is 0 Å². The second kappa shape index (κ2) is 8.65. The Morgan fingerprint density at radius 1 is 0.944 bits per heavy atom. The highest BCUT2D eigenvalue weighted by Gasteiger charge is 1.87. The van der Waals surface area contributed by atoms with Crippen molar-refractivity contribution in [2.45, 2.75) is 13.3 Å². The number of aromatic hydroxyl groups is 1. The number of phenols is 1. The van der Waals surface area contributed by atoms with Gasteiger partial charge >= 0.3 is 0 Å². The molecule has 0 heterocycles. The summed E-state index contributed by atoms with van der Waals surface area (Å²) in [7, 11) is 0. The van der Waals surface area contributed by atoms with Gasteiger partial charge in [-0.3, -0.25) is 0 Å². The molecule has 0 aliphatic rings. The van der Waals surface area contributed by atoms with Crippen LogP contribution in [0.25, 0.3) is 0 Å². The molecule has 1 nitrogen and oxygen atoms in total. The second-order valence-corrected chi connectivity index (χ2v) is 5.05. The van der Waals surface area contributed by atoms with Crippen LogP contribution in [-0.4, -0.2) is 17.1 Å². The Morgan fingerprint density at radius 2 is 1.56 bits per heavy atom. The first-order chi connectivity index (χ1) is 8.72. The average molecular weight is 260 g/mol. The molecule has 1 N–H and O–H groups in total. The van der Waals surface area contributed by atoms with Crippen LogP contribution in [0, 0.1) is 6.92 Å². The van der Waals surface area contributed by atoms with Gasteiger partial charge in [-0.15, -0.1) is 0 Å². The van der Waals surface area contributed by atoms with Gasteiger partial charge < -0.3 is 5.11 Å². The van der Waals surface area contributed by atoms with E-state index in [0.717, 1.165) is 0 Å². The van der Waals surface area contributed by atoms with Gasteiger partial charge in [0.25, 0.3) is 0 Å². The van der Waals surface area contributed by atoms with Crippen molar-refractivity contribution < 1.29 is 5.11 Å². The number of benzene rings is 2. The van der Waals surface area contributed by atoms with Crippen LogP contribution < -0.4 is 0 Å². The normalized spacial score (nSPS) is 9.44. The van der Waals surface area contributed by atoms with Gasteiger partial charge in [-0.2, -0.15) is 11.8 Å². The lowest BCUT2D eigenvalue weighted by Crippen LogP contribution is -1.85. The topological polar surface area (TPSA) is 20.2 Å². The average Bonchev–Trinajstić information content (AvgIpc) is 2.42. The smallest absolute Gasteiger partial charge is 0.115 e. The summed E-state index contributed by atoms with van der Waals surface area (Å²) in [5.41, 5.74) is 2.61. The lowest BCUT2D eigenvalue weighted by molar-refractivity contribution is 0.475. The molecule has 2 heteroatoms. The molecule has 0 saturated heterocycles. The number of hydrogen-bond donors (Lipinski definition) is 1. The highest BCUT2D eigenvalue weighted by Crippen LogP contribution is 2.07. The summed E-state index contributed by atoms with van der Waals surface area (Å²) in [6.07, 6.45) is 3.34. The molecule has 0 aliphatic carbocycles. The Balaban J connectivity index is 0.000000184. The van der Waals surface area contributed by atoms with E-state index in [1.54, 1.807) is 12.1 Å². The van der Waals surface area contributed by atoms with Crippen LogP contribution in [0.2, 0.25) is 0 Å². The summed E-state index contributed by atoms with van der Waals surface area (Å²) in [5.74, 6) is 1.56. The Morgan fingerprint density at radius 3 is 2.06 bits per heavy atom. The quantitative estimate of drug-likeness (QED) is 0.888. The second-order valence-electron chi connectivity index (χ2n) is 4.06. The molecule has 0 aromatic heterocycles. The van der Waals surface area contributed by atoms with Crippen LogP contribution in [0.5, 0.6) is 5.75 Å². The Bertz CT molecular complexity index is 402. The molecule has 0 bridgehead atoms. The lowest BCUT2D eigenvalue weighted by Gasteiger charge is -1.96. The van der Waals surface area contributed by atoms with Crippen LogP contribution in [0.15, 0.2) is 54.6 Å². The van der Waals surface area contributed by atoms with Crippen molar-refractivity contribution in [3.63, 3.8) is 0 Å². The predicted molar refractivity (Wildman–Crippen MR) is 81.4 cm³/mol. The zero-order valence-electron chi connectivity index (χ0n) is 11.0. The van der Waals surface area contributed by atoms with E-state index in [-0.39, 0.29) is 0 Å². The largest absolute Gasteiger partial charge is 0.508 e. The minimum Gasteiger partial charge on any atom is -0.508 e. The Kier molecular flexibility index (Phi) is 7.04. The summed E-state index contributed by atoms with van der Waals surface area (Å²) in [5, 5.41) is 8.76. The molecule has 0 amide bonds. The standard InChI is InChI=1S/C9H12S.C7H8O/c1-10-8-7-9-5-3-2-4-6-9;1-6-2-4-7(8)5-3-6/h2-6H,7-8H2,1H3;2-5,8H,1H3. The fourth-order valence-electron chi connectivity index (χ4n) is 1.41. The third kappa shape index (κ3) is 6.36. The maximum absolute atomic E-state index is 8.76. The molecule has 0 saturated carbocycles. The van der Waals surface area contributed by atoms with Gasteiger partial charge in [-0.25, -0.2) is 0 Å². The SMILES string of the molecule is CSCCc1ccccc1.Cc1ccc(O)cc1. The number of thioether (sulfide) groups is 1. The number of phenolic OH excluding ortho intramolecular Hbond substituents is 1. The molecule has 0 aliphatic heterocycles. The van der Waals surface area contributed by atoms with Gasteiger partial charge in [-0.05, 0) is 43.0 Å². The highest BCUT2D eigenvalue weighted by atomic mass is 32.2. The fourth-order valence-corrected chi connectivity index (χ4v) is 1.85. The van der Waals surface area contributed by atoms with E-state index < -0.39 is 0 Å². The molecule has 2 rings (SSSR count). The van der Waals surface area contributed by atoms with E-state index in [2.05, 4.69) is 36.6 Å². The van der Waals surface area contributed by atoms with Gasteiger partial charge in [0.2, 0.25) is 0 Å². The molecule has 0 unspecified atom stereocenters. The van der Waals surface area contributed by atoms with E-state index in [1.165, 1.54) is 23.3 Å². The minimum absolute atomic E-state index is 0.329. The maximum atomic E-state index is 8.76. The van der Waals surface area contributed by atoms with Crippen molar-refractivity contribution in [1.82, 2.24) is 0 Å². The molecule has 0 spiro atoms. The molecular formula is C16H20OS. The minimum atomic E-state index is 0.329. The van der Waals surface area contributed by atoms with Crippen molar-refractivity contribution in [3.05, 3.63) is 65.7 Å². The Hall–Kier alpha value is -1.41. The molecule has 96 valence electrons. The summed E-state index contributed by atoms with van der Waals surface area (Å²) < 4.78 is 0. The first-order valence-corrected chi connectivity index (χ1v) is 7.40. The summed E-state index contributed by atoms with van der Waals surface area (Å²) >= 11 is 1.90. The van der Waals surface area contributed by atoms with E-state index in [0.29, 0.717) is 5.75 Å². The van der Waals surface area contributed by atoms with Gasteiger partial charge in [0.15, 0.2) is 0 Å². The van der Waals surface area contributed by atoms with Gasteiger partial charge in [0.1, 0.15) is 5.75 Å². The van der Waals surface area contributed by atoms with E-state index in [4.69, 9.17) is 5.11 Å². The van der Waals surface area contributed by atoms with Crippen LogP contribution in [-0.2, 0) is 6.42 Å². The zero-order valence-corrected chi connectivity index (χ0v) is 11.8. The molecule has 18 heavy (non-hydrogen) atoms. The van der Waals surface area contributed by atoms with Crippen LogP contribution >= 0.6 is 11.8 Å². The van der Waals surface area contributed by atoms with Crippen molar-refractivity contribution >= 4 is 11.8 Å². The van der Waals surface area contributed by atoms with Gasteiger partial charge in [-0.1, -0.05) is 48.0 Å². The number of aryl methyl sites for hydroxylation is 2. The number of rotatable bonds is 3. The van der Waals surface area contributed by atoms with Crippen molar-refractivity contribution in [1.29, 1.82) is 0 Å². The maximum Gasteiger partial charge on any atom is 0.115 e. The van der Waals surface area contributed by atoms with E-state index in [1.807, 2.05) is 30.8 Å². The third-order valence-corrected chi connectivity index (χ3v) is 3.08. The Labute approximate surface area is 114 Å². The van der Waals surface area contributed by atoms with Crippen LogP contribution in [0.1, 0.15) is 11.1 Å². The first kappa shape index (κ1) is 14.7. The predicted octanol–water partition coefficient (Wildman–Crippen LogP) is 4.29. The van der Waals surface area contributed by atoms with Crippen molar-refractivity contribution in [2.75, 3.05) is 12.0 Å². The zero-order chi connectivity index (χ0) is 13.2. The lowest BCUT2D eigenvalue weighted by atomic mass is 10.2. The first-order valence-electron chi connectivity index (χ1n) is 6.01. The molecule has 0 radical (unpaired) electrons. The highest BCUT2D eigenvalue weighted by molar-refractivity contribution is 7.98. The summed E-state index contributed by atoms with van der Waals surface area (Å²) in [4.78, 5) is 0. The fraction of sp³-hybridized carbons (Fsp3) is 0.250. The molecular weight excluding hydrogens is 240 g/mol. The molecule has 0 atom stereocenters. The summed E-state index contributed by atoms with van der Waals surface area (Å²) in [6, 6.07) is 17.7. The van der Waals surface area contributed by atoms with E-state index >= 15 is 0 Å². The van der Waals surface area contributed by atoms with Crippen LogP contribution in [0.4, 0.5) is 0 Å². The number of hydrogen-bond acceptors (Lipinski definition) is 2. The molecule has 2 aromatic carbocycles. The monoisotopic (exact) mass is 260 g/mol.